The predicted octanol–water partition coefficient (Wildman–Crippen LogP) is 5.24. The van der Waals surface area contributed by atoms with Crippen molar-refractivity contribution in [2.75, 3.05) is 5.32 Å². The summed E-state index contributed by atoms with van der Waals surface area (Å²) in [7, 11) is 0. The van der Waals surface area contributed by atoms with Crippen molar-refractivity contribution in [1.82, 2.24) is 10.2 Å². The van der Waals surface area contributed by atoms with E-state index in [2.05, 4.69) is 15.5 Å². The first kappa shape index (κ1) is 16.1. The minimum Gasteiger partial charge on any atom is -0.320 e. The molecule has 0 fully saturated rings. The maximum absolute atomic E-state index is 12.2. The number of carbonyl (C=O) groups is 1. The SMILES string of the molecule is O=C(Nc1ccc(Cl)cc1)c1nnc(/C(Cl)=C/c2ccsc2)s1. The fourth-order valence-corrected chi connectivity index (χ4v) is 3.36. The van der Waals surface area contributed by atoms with Crippen LogP contribution in [0.3, 0.4) is 0 Å². The van der Waals surface area contributed by atoms with Crippen LogP contribution >= 0.6 is 45.9 Å². The summed E-state index contributed by atoms with van der Waals surface area (Å²) in [6.07, 6.45) is 1.79. The van der Waals surface area contributed by atoms with E-state index in [0.717, 1.165) is 16.9 Å². The van der Waals surface area contributed by atoms with Crippen LogP contribution in [0.25, 0.3) is 11.1 Å². The Hall–Kier alpha value is -1.73. The maximum Gasteiger partial charge on any atom is 0.286 e. The Labute approximate surface area is 150 Å². The van der Waals surface area contributed by atoms with Crippen molar-refractivity contribution in [3.63, 3.8) is 0 Å². The molecule has 8 heteroatoms. The summed E-state index contributed by atoms with van der Waals surface area (Å²) >= 11 is 14.7. The number of hydrogen-bond acceptors (Lipinski definition) is 5. The van der Waals surface area contributed by atoms with Crippen LogP contribution in [0.2, 0.25) is 5.02 Å². The molecular weight excluding hydrogens is 373 g/mol. The normalized spacial score (nSPS) is 11.5. The van der Waals surface area contributed by atoms with Crippen LogP contribution in [0.1, 0.15) is 20.4 Å². The Morgan fingerprint density at radius 1 is 1.13 bits per heavy atom. The van der Waals surface area contributed by atoms with Crippen LogP contribution in [0.15, 0.2) is 41.1 Å². The first-order valence-electron chi connectivity index (χ1n) is 6.42. The minimum atomic E-state index is -0.337. The molecule has 0 aliphatic rings. The van der Waals surface area contributed by atoms with E-state index in [1.54, 1.807) is 41.7 Å². The lowest BCUT2D eigenvalue weighted by atomic mass is 10.3. The summed E-state index contributed by atoms with van der Waals surface area (Å²) in [5, 5.41) is 16.3. The molecule has 1 N–H and O–H groups in total. The van der Waals surface area contributed by atoms with Gasteiger partial charge in [0.05, 0.1) is 5.03 Å². The van der Waals surface area contributed by atoms with Gasteiger partial charge in [0.1, 0.15) is 0 Å². The monoisotopic (exact) mass is 381 g/mol. The molecule has 0 saturated heterocycles. The molecule has 1 amide bonds. The Kier molecular flexibility index (Phi) is 5.07. The van der Waals surface area contributed by atoms with Gasteiger partial charge in [-0.1, -0.05) is 34.5 Å². The Morgan fingerprint density at radius 3 is 2.57 bits per heavy atom. The third-order valence-electron chi connectivity index (χ3n) is 2.76. The zero-order valence-electron chi connectivity index (χ0n) is 11.5. The summed E-state index contributed by atoms with van der Waals surface area (Å²) in [5.74, 6) is -0.337. The fraction of sp³-hybridized carbons (Fsp3) is 0. The van der Waals surface area contributed by atoms with Crippen molar-refractivity contribution in [2.45, 2.75) is 0 Å². The van der Waals surface area contributed by atoms with Gasteiger partial charge in [-0.15, -0.1) is 10.2 Å². The van der Waals surface area contributed by atoms with Crippen LogP contribution in [-0.2, 0) is 0 Å². The molecule has 3 rings (SSSR count). The average Bonchev–Trinajstić information content (AvgIpc) is 3.20. The molecule has 0 bridgehead atoms. The van der Waals surface area contributed by atoms with Crippen molar-refractivity contribution in [3.8, 4) is 0 Å². The number of rotatable bonds is 4. The van der Waals surface area contributed by atoms with Gasteiger partial charge in [0, 0.05) is 10.7 Å². The number of benzene rings is 1. The lowest BCUT2D eigenvalue weighted by Gasteiger charge is -2.01. The van der Waals surface area contributed by atoms with E-state index in [1.165, 1.54) is 0 Å². The van der Waals surface area contributed by atoms with Crippen molar-refractivity contribution in [2.24, 2.45) is 0 Å². The van der Waals surface area contributed by atoms with E-state index in [1.807, 2.05) is 16.8 Å². The summed E-state index contributed by atoms with van der Waals surface area (Å²) in [6.45, 7) is 0. The molecular formula is C15H9Cl2N3OS2. The topological polar surface area (TPSA) is 54.9 Å². The second-order valence-electron chi connectivity index (χ2n) is 4.42. The Morgan fingerprint density at radius 2 is 1.87 bits per heavy atom. The predicted molar refractivity (Wildman–Crippen MR) is 97.4 cm³/mol. The number of aromatic nitrogens is 2. The highest BCUT2D eigenvalue weighted by Gasteiger charge is 2.14. The fourth-order valence-electron chi connectivity index (χ4n) is 1.69. The van der Waals surface area contributed by atoms with Gasteiger partial charge in [-0.05, 0) is 52.7 Å². The van der Waals surface area contributed by atoms with E-state index in [9.17, 15) is 4.79 Å². The largest absolute Gasteiger partial charge is 0.320 e. The average molecular weight is 382 g/mol. The summed E-state index contributed by atoms with van der Waals surface area (Å²) in [6, 6.07) is 8.77. The number of thiophene rings is 1. The van der Waals surface area contributed by atoms with Crippen LogP contribution in [0.5, 0.6) is 0 Å². The lowest BCUT2D eigenvalue weighted by molar-refractivity contribution is 0.102. The summed E-state index contributed by atoms with van der Waals surface area (Å²) < 4.78 is 0. The number of hydrogen-bond donors (Lipinski definition) is 1. The van der Waals surface area contributed by atoms with Gasteiger partial charge in [0.25, 0.3) is 5.91 Å². The molecule has 1 aromatic carbocycles. The number of halogens is 2. The molecule has 0 atom stereocenters. The highest BCUT2D eigenvalue weighted by atomic mass is 35.5. The highest BCUT2D eigenvalue weighted by Crippen LogP contribution is 2.26. The smallest absolute Gasteiger partial charge is 0.286 e. The van der Waals surface area contributed by atoms with E-state index in [-0.39, 0.29) is 10.9 Å². The lowest BCUT2D eigenvalue weighted by Crippen LogP contribution is -2.11. The van der Waals surface area contributed by atoms with Crippen molar-refractivity contribution >= 4 is 68.6 Å². The van der Waals surface area contributed by atoms with Crippen molar-refractivity contribution < 1.29 is 4.79 Å². The molecule has 2 aromatic heterocycles. The summed E-state index contributed by atoms with van der Waals surface area (Å²) in [5.41, 5.74) is 1.62. The number of nitrogens with one attached hydrogen (secondary N) is 1. The highest BCUT2D eigenvalue weighted by molar-refractivity contribution is 7.15. The Bertz CT molecular complexity index is 842. The first-order chi connectivity index (χ1) is 11.1. The van der Waals surface area contributed by atoms with Crippen molar-refractivity contribution in [1.29, 1.82) is 0 Å². The van der Waals surface area contributed by atoms with Crippen LogP contribution in [0.4, 0.5) is 5.69 Å². The van der Waals surface area contributed by atoms with Gasteiger partial charge in [-0.3, -0.25) is 4.79 Å². The number of nitrogens with zero attached hydrogens (tertiary/aromatic N) is 2. The molecule has 0 unspecified atom stereocenters. The van der Waals surface area contributed by atoms with Crippen LogP contribution < -0.4 is 5.32 Å². The second-order valence-corrected chi connectivity index (χ2v) is 7.02. The van der Waals surface area contributed by atoms with E-state index >= 15 is 0 Å². The number of anilines is 1. The molecule has 23 heavy (non-hydrogen) atoms. The van der Waals surface area contributed by atoms with Gasteiger partial charge in [-0.25, -0.2) is 0 Å². The van der Waals surface area contributed by atoms with Gasteiger partial charge in [0.15, 0.2) is 5.01 Å². The van der Waals surface area contributed by atoms with E-state index < -0.39 is 0 Å². The molecule has 0 radical (unpaired) electrons. The maximum atomic E-state index is 12.2. The van der Waals surface area contributed by atoms with Crippen LogP contribution in [-0.4, -0.2) is 16.1 Å². The molecule has 3 aromatic rings. The number of amides is 1. The molecule has 2 heterocycles. The van der Waals surface area contributed by atoms with Gasteiger partial charge < -0.3 is 5.32 Å². The molecule has 0 spiro atoms. The summed E-state index contributed by atoms with van der Waals surface area (Å²) in [4.78, 5) is 12.2. The quantitative estimate of drug-likeness (QED) is 0.671. The molecule has 116 valence electrons. The third kappa shape index (κ3) is 4.17. The van der Waals surface area contributed by atoms with Gasteiger partial charge in [0.2, 0.25) is 5.01 Å². The Balaban J connectivity index is 1.73. The van der Waals surface area contributed by atoms with Gasteiger partial charge >= 0.3 is 0 Å². The minimum absolute atomic E-state index is 0.242. The van der Waals surface area contributed by atoms with E-state index in [0.29, 0.717) is 20.7 Å². The first-order valence-corrected chi connectivity index (χ1v) is 8.93. The van der Waals surface area contributed by atoms with Crippen molar-refractivity contribution in [3.05, 3.63) is 61.7 Å². The van der Waals surface area contributed by atoms with E-state index in [4.69, 9.17) is 23.2 Å². The molecule has 4 nitrogen and oxygen atoms in total. The molecule has 0 aliphatic heterocycles. The third-order valence-corrected chi connectivity index (χ3v) is 5.07. The standard InChI is InChI=1S/C15H9Cl2N3OS2/c16-10-1-3-11(4-2-10)18-13(21)15-20-19-14(23-15)12(17)7-9-5-6-22-8-9/h1-8H,(H,18,21)/b12-7-. The van der Waals surface area contributed by atoms with Crippen LogP contribution in [0, 0.1) is 0 Å². The zero-order valence-corrected chi connectivity index (χ0v) is 14.6. The molecule has 0 aliphatic carbocycles. The van der Waals surface area contributed by atoms with Gasteiger partial charge in [-0.2, -0.15) is 11.3 Å². The molecule has 0 saturated carbocycles. The number of carbonyl (C=O) groups excluding carboxylic acids is 1. The second kappa shape index (κ2) is 7.23. The zero-order chi connectivity index (χ0) is 16.2.